The highest BCUT2D eigenvalue weighted by molar-refractivity contribution is 5.93. The topological polar surface area (TPSA) is 71.1 Å². The van der Waals surface area contributed by atoms with Gasteiger partial charge in [0.15, 0.2) is 0 Å². The summed E-state index contributed by atoms with van der Waals surface area (Å²) in [5.74, 6) is 0.324. The minimum Gasteiger partial charge on any atom is -0.355 e. The Hall–Kier alpha value is -1.91. The average molecular weight is 219 g/mol. The van der Waals surface area contributed by atoms with Gasteiger partial charge >= 0.3 is 0 Å². The molecule has 5 heteroatoms. The van der Waals surface area contributed by atoms with E-state index < -0.39 is 0 Å². The van der Waals surface area contributed by atoms with E-state index in [-0.39, 0.29) is 17.7 Å². The van der Waals surface area contributed by atoms with Crippen molar-refractivity contribution in [2.45, 2.75) is 12.8 Å². The van der Waals surface area contributed by atoms with Gasteiger partial charge in [0.05, 0.1) is 5.92 Å². The fourth-order valence-electron chi connectivity index (χ4n) is 1.62. The highest BCUT2D eigenvalue weighted by atomic mass is 16.2. The first-order chi connectivity index (χ1) is 7.75. The van der Waals surface area contributed by atoms with E-state index in [2.05, 4.69) is 15.6 Å². The zero-order chi connectivity index (χ0) is 11.4. The van der Waals surface area contributed by atoms with Crippen molar-refractivity contribution in [3.63, 3.8) is 0 Å². The maximum Gasteiger partial charge on any atom is 0.230 e. The summed E-state index contributed by atoms with van der Waals surface area (Å²) in [4.78, 5) is 26.7. The maximum atomic E-state index is 11.8. The lowest BCUT2D eigenvalue weighted by Crippen LogP contribution is -2.40. The first-order valence-electron chi connectivity index (χ1n) is 5.24. The second kappa shape index (κ2) is 4.74. The Kier molecular flexibility index (Phi) is 3.14. The number of rotatable bonds is 2. The molecular formula is C11H13N3O2. The van der Waals surface area contributed by atoms with Crippen LogP contribution in [-0.4, -0.2) is 23.3 Å². The van der Waals surface area contributed by atoms with E-state index >= 15 is 0 Å². The van der Waals surface area contributed by atoms with E-state index in [1.165, 1.54) is 0 Å². The summed E-state index contributed by atoms with van der Waals surface area (Å²) >= 11 is 0. The number of carbonyl (C=O) groups is 2. The summed E-state index contributed by atoms with van der Waals surface area (Å²) in [6, 6.07) is 5.33. The summed E-state index contributed by atoms with van der Waals surface area (Å²) in [6.07, 6.45) is 2.64. The Labute approximate surface area is 93.3 Å². The number of hydrogen-bond donors (Lipinski definition) is 2. The molecule has 0 saturated carbocycles. The molecule has 0 aliphatic carbocycles. The molecule has 2 N–H and O–H groups in total. The molecule has 1 fully saturated rings. The van der Waals surface area contributed by atoms with E-state index in [9.17, 15) is 9.59 Å². The number of hydrogen-bond acceptors (Lipinski definition) is 3. The molecule has 1 atom stereocenters. The lowest BCUT2D eigenvalue weighted by atomic mass is 9.98. The van der Waals surface area contributed by atoms with Crippen molar-refractivity contribution in [3.8, 4) is 0 Å². The van der Waals surface area contributed by atoms with Crippen LogP contribution in [0, 0.1) is 5.92 Å². The molecule has 1 aliphatic rings. The summed E-state index contributed by atoms with van der Waals surface area (Å²) in [5, 5.41) is 5.40. The predicted molar refractivity (Wildman–Crippen MR) is 58.6 cm³/mol. The first kappa shape index (κ1) is 10.6. The number of piperidine rings is 1. The summed E-state index contributed by atoms with van der Waals surface area (Å²) in [6.45, 7) is 0.414. The highest BCUT2D eigenvalue weighted by Gasteiger charge is 2.24. The van der Waals surface area contributed by atoms with Crippen LogP contribution < -0.4 is 10.6 Å². The van der Waals surface area contributed by atoms with E-state index in [1.54, 1.807) is 18.3 Å². The molecule has 2 rings (SSSR count). The molecule has 1 aromatic heterocycles. The van der Waals surface area contributed by atoms with Crippen LogP contribution in [0.1, 0.15) is 12.8 Å². The van der Waals surface area contributed by atoms with Gasteiger partial charge in [-0.25, -0.2) is 4.98 Å². The summed E-state index contributed by atoms with van der Waals surface area (Å²) < 4.78 is 0. The van der Waals surface area contributed by atoms with Crippen LogP contribution in [0.2, 0.25) is 0 Å². The third-order valence-electron chi connectivity index (χ3n) is 2.55. The summed E-state index contributed by atoms with van der Waals surface area (Å²) in [5.41, 5.74) is 0. The van der Waals surface area contributed by atoms with Crippen LogP contribution in [0.25, 0.3) is 0 Å². The van der Waals surface area contributed by atoms with Crippen LogP contribution in [0.5, 0.6) is 0 Å². The zero-order valence-electron chi connectivity index (χ0n) is 8.77. The molecule has 0 radical (unpaired) electrons. The van der Waals surface area contributed by atoms with Crippen LogP contribution in [0.15, 0.2) is 24.4 Å². The molecule has 2 heterocycles. The van der Waals surface area contributed by atoms with Crippen LogP contribution in [0.4, 0.5) is 5.82 Å². The van der Waals surface area contributed by atoms with Crippen molar-refractivity contribution < 1.29 is 9.59 Å². The minimum absolute atomic E-state index is 0.0156. The van der Waals surface area contributed by atoms with Crippen molar-refractivity contribution in [1.29, 1.82) is 0 Å². The van der Waals surface area contributed by atoms with Crippen LogP contribution in [-0.2, 0) is 9.59 Å². The number of anilines is 1. The van der Waals surface area contributed by atoms with Gasteiger partial charge in [-0.05, 0) is 18.6 Å². The average Bonchev–Trinajstić information content (AvgIpc) is 2.31. The Morgan fingerprint density at radius 2 is 2.38 bits per heavy atom. The molecule has 1 unspecified atom stereocenters. The van der Waals surface area contributed by atoms with Gasteiger partial charge < -0.3 is 10.6 Å². The van der Waals surface area contributed by atoms with Gasteiger partial charge in [-0.3, -0.25) is 9.59 Å². The quantitative estimate of drug-likeness (QED) is 0.762. The van der Waals surface area contributed by atoms with Gasteiger partial charge in [0.2, 0.25) is 11.8 Å². The Morgan fingerprint density at radius 1 is 1.50 bits per heavy atom. The third-order valence-corrected chi connectivity index (χ3v) is 2.55. The SMILES string of the molecule is O=C1CCC(C(=O)Nc2ccccn2)CN1. The smallest absolute Gasteiger partial charge is 0.230 e. The molecule has 2 amide bonds. The number of nitrogens with zero attached hydrogens (tertiary/aromatic N) is 1. The normalized spacial score (nSPS) is 20.0. The fraction of sp³-hybridized carbons (Fsp3) is 0.364. The van der Waals surface area contributed by atoms with Crippen molar-refractivity contribution in [2.24, 2.45) is 5.92 Å². The maximum absolute atomic E-state index is 11.8. The molecular weight excluding hydrogens is 206 g/mol. The first-order valence-corrected chi connectivity index (χ1v) is 5.24. The second-order valence-corrected chi connectivity index (χ2v) is 3.74. The third kappa shape index (κ3) is 2.56. The lowest BCUT2D eigenvalue weighted by Gasteiger charge is -2.21. The number of amides is 2. The Bertz CT molecular complexity index is 381. The van der Waals surface area contributed by atoms with Gasteiger partial charge in [0.1, 0.15) is 5.82 Å². The van der Waals surface area contributed by atoms with Crippen LogP contribution in [0.3, 0.4) is 0 Å². The molecule has 1 aromatic rings. The standard InChI is InChI=1S/C11H13N3O2/c15-10-5-4-8(7-13-10)11(16)14-9-3-1-2-6-12-9/h1-3,6,8H,4-5,7H2,(H,13,15)(H,12,14,16). The fourth-order valence-corrected chi connectivity index (χ4v) is 1.62. The molecule has 5 nitrogen and oxygen atoms in total. The molecule has 1 aliphatic heterocycles. The highest BCUT2D eigenvalue weighted by Crippen LogP contribution is 2.13. The number of pyridine rings is 1. The Morgan fingerprint density at radius 3 is 3.00 bits per heavy atom. The zero-order valence-corrected chi connectivity index (χ0v) is 8.77. The molecule has 0 spiro atoms. The number of nitrogens with one attached hydrogen (secondary N) is 2. The van der Waals surface area contributed by atoms with Gasteiger partial charge in [-0.1, -0.05) is 6.07 Å². The van der Waals surface area contributed by atoms with E-state index in [1.807, 2.05) is 6.07 Å². The number of carbonyl (C=O) groups excluding carboxylic acids is 2. The van der Waals surface area contributed by atoms with E-state index in [4.69, 9.17) is 0 Å². The van der Waals surface area contributed by atoms with Crippen LogP contribution >= 0.6 is 0 Å². The van der Waals surface area contributed by atoms with Gasteiger partial charge in [0.25, 0.3) is 0 Å². The molecule has 84 valence electrons. The van der Waals surface area contributed by atoms with E-state index in [0.29, 0.717) is 25.2 Å². The molecule has 0 bridgehead atoms. The molecule has 16 heavy (non-hydrogen) atoms. The largest absolute Gasteiger partial charge is 0.355 e. The monoisotopic (exact) mass is 219 g/mol. The minimum atomic E-state index is -0.153. The molecule has 1 saturated heterocycles. The van der Waals surface area contributed by atoms with Gasteiger partial charge in [0, 0.05) is 19.2 Å². The van der Waals surface area contributed by atoms with E-state index in [0.717, 1.165) is 0 Å². The number of aromatic nitrogens is 1. The van der Waals surface area contributed by atoms with Crippen molar-refractivity contribution >= 4 is 17.6 Å². The van der Waals surface area contributed by atoms with Crippen molar-refractivity contribution in [1.82, 2.24) is 10.3 Å². The Balaban J connectivity index is 1.91. The van der Waals surface area contributed by atoms with Gasteiger partial charge in [-0.15, -0.1) is 0 Å². The van der Waals surface area contributed by atoms with Crippen molar-refractivity contribution in [2.75, 3.05) is 11.9 Å². The van der Waals surface area contributed by atoms with Crippen molar-refractivity contribution in [3.05, 3.63) is 24.4 Å². The van der Waals surface area contributed by atoms with Gasteiger partial charge in [-0.2, -0.15) is 0 Å². The summed E-state index contributed by atoms with van der Waals surface area (Å²) in [7, 11) is 0. The lowest BCUT2D eigenvalue weighted by molar-refractivity contribution is -0.126. The predicted octanol–water partition coefficient (Wildman–Crippen LogP) is 0.546. The second-order valence-electron chi connectivity index (χ2n) is 3.74. The molecule has 0 aromatic carbocycles.